The highest BCUT2D eigenvalue weighted by molar-refractivity contribution is 7.90. The number of non-ortho nitro benzene ring substituents is 1. The van der Waals surface area contributed by atoms with Crippen molar-refractivity contribution < 1.29 is 18.1 Å². The number of hydrogen-bond donors (Lipinski definition) is 2. The Labute approximate surface area is 166 Å². The van der Waals surface area contributed by atoms with E-state index in [0.29, 0.717) is 17.2 Å². The molecule has 1 amide bonds. The molecular formula is C18H17N5O5S. The summed E-state index contributed by atoms with van der Waals surface area (Å²) in [5.41, 5.74) is 0.0320. The summed E-state index contributed by atoms with van der Waals surface area (Å²) in [7, 11) is -3.76. The van der Waals surface area contributed by atoms with Crippen LogP contribution in [-0.2, 0) is 9.84 Å². The van der Waals surface area contributed by atoms with Gasteiger partial charge in [-0.15, -0.1) is 0 Å². The molecule has 0 spiro atoms. The van der Waals surface area contributed by atoms with Gasteiger partial charge in [-0.2, -0.15) is 5.10 Å². The van der Waals surface area contributed by atoms with Crippen LogP contribution in [0, 0.1) is 17.0 Å². The van der Waals surface area contributed by atoms with Crippen LogP contribution < -0.4 is 5.32 Å². The van der Waals surface area contributed by atoms with Crippen LogP contribution >= 0.6 is 0 Å². The number of aromatic amines is 1. The highest BCUT2D eigenvalue weighted by Gasteiger charge is 2.24. The van der Waals surface area contributed by atoms with E-state index in [0.717, 1.165) is 24.5 Å². The van der Waals surface area contributed by atoms with E-state index in [9.17, 15) is 23.3 Å². The lowest BCUT2D eigenvalue weighted by Crippen LogP contribution is -2.30. The molecule has 3 rings (SSSR count). The lowest BCUT2D eigenvalue weighted by Gasteiger charge is -2.16. The number of nitrogens with one attached hydrogen (secondary N) is 2. The molecule has 0 aliphatic heterocycles. The predicted octanol–water partition coefficient (Wildman–Crippen LogP) is 1.94. The zero-order valence-electron chi connectivity index (χ0n) is 15.5. The number of hydrogen-bond acceptors (Lipinski definition) is 7. The Morgan fingerprint density at radius 3 is 2.45 bits per heavy atom. The van der Waals surface area contributed by atoms with Crippen molar-refractivity contribution in [1.82, 2.24) is 20.5 Å². The van der Waals surface area contributed by atoms with E-state index in [1.165, 1.54) is 0 Å². The van der Waals surface area contributed by atoms with Crippen LogP contribution in [0.15, 0.2) is 53.4 Å². The molecular weight excluding hydrogens is 398 g/mol. The number of rotatable bonds is 6. The lowest BCUT2D eigenvalue weighted by atomic mass is 10.1. The van der Waals surface area contributed by atoms with Crippen molar-refractivity contribution in [3.63, 3.8) is 0 Å². The second kappa shape index (κ2) is 7.80. The molecule has 0 aliphatic carbocycles. The van der Waals surface area contributed by atoms with E-state index >= 15 is 0 Å². The molecule has 0 bridgehead atoms. The first-order valence-corrected chi connectivity index (χ1v) is 10.3. The van der Waals surface area contributed by atoms with Crippen molar-refractivity contribution in [1.29, 1.82) is 0 Å². The molecule has 0 saturated heterocycles. The van der Waals surface area contributed by atoms with Crippen LogP contribution in [-0.4, -0.2) is 40.7 Å². The van der Waals surface area contributed by atoms with Gasteiger partial charge in [-0.3, -0.25) is 20.0 Å². The zero-order chi connectivity index (χ0) is 21.2. The molecule has 1 atom stereocenters. The second-order valence-electron chi connectivity index (χ2n) is 6.34. The zero-order valence-corrected chi connectivity index (χ0v) is 16.3. The number of nitro benzene ring substituents is 1. The first-order valence-electron chi connectivity index (χ1n) is 8.39. The van der Waals surface area contributed by atoms with Crippen LogP contribution in [0.2, 0.25) is 0 Å². The van der Waals surface area contributed by atoms with Gasteiger partial charge in [-0.05, 0) is 18.6 Å². The van der Waals surface area contributed by atoms with Crippen molar-refractivity contribution in [2.75, 3.05) is 6.26 Å². The Hall–Kier alpha value is -3.60. The highest BCUT2D eigenvalue weighted by Crippen LogP contribution is 2.23. The summed E-state index contributed by atoms with van der Waals surface area (Å²) in [6.45, 7) is 1.71. The van der Waals surface area contributed by atoms with Gasteiger partial charge < -0.3 is 5.32 Å². The van der Waals surface area contributed by atoms with Gasteiger partial charge in [0.25, 0.3) is 11.6 Å². The average molecular weight is 415 g/mol. The van der Waals surface area contributed by atoms with Crippen LogP contribution in [0.4, 0.5) is 5.69 Å². The molecule has 0 fully saturated rings. The van der Waals surface area contributed by atoms with Crippen molar-refractivity contribution >= 4 is 21.4 Å². The van der Waals surface area contributed by atoms with Crippen molar-refractivity contribution in [3.05, 3.63) is 81.4 Å². The molecule has 2 N–H and O–H groups in total. The highest BCUT2D eigenvalue weighted by atomic mass is 32.2. The van der Waals surface area contributed by atoms with Crippen LogP contribution in [0.25, 0.3) is 0 Å². The fraction of sp³-hybridized carbons (Fsp3) is 0.167. The number of carbonyl (C=O) groups excluding carboxylic acids is 1. The minimum absolute atomic E-state index is 0.159. The standard InChI is InChI=1S/C18H17N5O5S/c1-11-19-17(22-21-11)16(12-6-4-3-5-7-12)20-18(24)13-8-14(23(25)26)10-15(9-13)29(2,27)28/h3-10,16H,1-2H3,(H,20,24)(H,19,21,22). The largest absolute Gasteiger partial charge is 0.338 e. The molecule has 10 nitrogen and oxygen atoms in total. The van der Waals surface area contributed by atoms with Gasteiger partial charge in [0, 0.05) is 24.0 Å². The number of nitrogens with zero attached hydrogens (tertiary/aromatic N) is 3. The molecule has 0 saturated carbocycles. The monoisotopic (exact) mass is 415 g/mol. The van der Waals surface area contributed by atoms with E-state index in [4.69, 9.17) is 0 Å². The minimum Gasteiger partial charge on any atom is -0.338 e. The summed E-state index contributed by atoms with van der Waals surface area (Å²) in [5, 5.41) is 20.7. The summed E-state index contributed by atoms with van der Waals surface area (Å²) in [6, 6.07) is 11.2. The number of benzene rings is 2. The Kier molecular flexibility index (Phi) is 5.41. The summed E-state index contributed by atoms with van der Waals surface area (Å²) in [5.74, 6) is 0.149. The summed E-state index contributed by atoms with van der Waals surface area (Å²) < 4.78 is 23.7. The molecule has 3 aromatic rings. The molecule has 0 aliphatic rings. The lowest BCUT2D eigenvalue weighted by molar-refractivity contribution is -0.385. The summed E-state index contributed by atoms with van der Waals surface area (Å²) in [6.07, 6.45) is 0.914. The van der Waals surface area contributed by atoms with E-state index in [1.54, 1.807) is 31.2 Å². The fourth-order valence-electron chi connectivity index (χ4n) is 2.68. The Balaban J connectivity index is 2.02. The van der Waals surface area contributed by atoms with Gasteiger partial charge in [0.15, 0.2) is 15.7 Å². The maximum atomic E-state index is 12.9. The first-order chi connectivity index (χ1) is 13.6. The molecule has 1 aromatic heterocycles. The van der Waals surface area contributed by atoms with Crippen molar-refractivity contribution in [2.24, 2.45) is 0 Å². The van der Waals surface area contributed by atoms with E-state index in [-0.39, 0.29) is 10.5 Å². The smallest absolute Gasteiger partial charge is 0.271 e. The molecule has 11 heteroatoms. The van der Waals surface area contributed by atoms with E-state index in [1.807, 2.05) is 6.07 Å². The number of aryl methyl sites for hydroxylation is 1. The van der Waals surface area contributed by atoms with Crippen LogP contribution in [0.1, 0.15) is 33.6 Å². The molecule has 150 valence electrons. The molecule has 2 aromatic carbocycles. The maximum absolute atomic E-state index is 12.9. The number of carbonyl (C=O) groups is 1. The number of sulfone groups is 1. The number of H-pyrrole nitrogens is 1. The summed E-state index contributed by atoms with van der Waals surface area (Å²) >= 11 is 0. The van der Waals surface area contributed by atoms with Gasteiger partial charge in [-0.1, -0.05) is 30.3 Å². The average Bonchev–Trinajstić information content (AvgIpc) is 3.11. The number of aromatic nitrogens is 3. The van der Waals surface area contributed by atoms with E-state index < -0.39 is 32.4 Å². The quantitative estimate of drug-likeness (QED) is 0.462. The second-order valence-corrected chi connectivity index (χ2v) is 8.36. The van der Waals surface area contributed by atoms with Gasteiger partial charge in [-0.25, -0.2) is 13.4 Å². The maximum Gasteiger partial charge on any atom is 0.271 e. The van der Waals surface area contributed by atoms with Gasteiger partial charge in [0.1, 0.15) is 11.9 Å². The summed E-state index contributed by atoms with van der Waals surface area (Å²) in [4.78, 5) is 27.2. The van der Waals surface area contributed by atoms with Crippen molar-refractivity contribution in [2.45, 2.75) is 17.9 Å². The van der Waals surface area contributed by atoms with Gasteiger partial charge >= 0.3 is 0 Å². The van der Waals surface area contributed by atoms with Crippen LogP contribution in [0.5, 0.6) is 0 Å². The Morgan fingerprint density at radius 1 is 1.21 bits per heavy atom. The predicted molar refractivity (Wildman–Crippen MR) is 103 cm³/mol. The molecule has 1 heterocycles. The van der Waals surface area contributed by atoms with Gasteiger partial charge in [0.05, 0.1) is 9.82 Å². The van der Waals surface area contributed by atoms with Crippen molar-refractivity contribution in [3.8, 4) is 0 Å². The molecule has 0 radical (unpaired) electrons. The molecule has 29 heavy (non-hydrogen) atoms. The van der Waals surface area contributed by atoms with Crippen LogP contribution in [0.3, 0.4) is 0 Å². The third kappa shape index (κ3) is 4.63. The van der Waals surface area contributed by atoms with Gasteiger partial charge in [0.2, 0.25) is 0 Å². The SMILES string of the molecule is Cc1nc(C(NC(=O)c2cc([N+](=O)[O-])cc(S(C)(=O)=O)c2)c2ccccc2)n[nH]1. The topological polar surface area (TPSA) is 148 Å². The minimum atomic E-state index is -3.76. The third-order valence-electron chi connectivity index (χ3n) is 4.07. The normalized spacial score (nSPS) is 12.3. The molecule has 1 unspecified atom stereocenters. The Morgan fingerprint density at radius 2 is 1.90 bits per heavy atom. The number of nitro groups is 1. The first kappa shape index (κ1) is 20.1. The van der Waals surface area contributed by atoms with E-state index in [2.05, 4.69) is 20.5 Å². The fourth-order valence-corrected chi connectivity index (χ4v) is 3.36. The Bertz CT molecular complexity index is 1170. The number of amides is 1. The third-order valence-corrected chi connectivity index (χ3v) is 5.17.